The molecule has 4 rings (SSSR count). The lowest BCUT2D eigenvalue weighted by molar-refractivity contribution is -0.0495. The predicted molar refractivity (Wildman–Crippen MR) is 83.8 cm³/mol. The van der Waals surface area contributed by atoms with Crippen molar-refractivity contribution < 1.29 is 19.0 Å². The summed E-state index contributed by atoms with van der Waals surface area (Å²) < 4.78 is 19.0. The molecule has 1 aromatic heterocycles. The molecule has 7 heteroatoms. The number of aldehydes is 1. The number of benzene rings is 1. The van der Waals surface area contributed by atoms with Crippen LogP contribution in [0.15, 0.2) is 30.7 Å². The number of rotatable bonds is 4. The first-order valence-electron chi connectivity index (χ1n) is 7.74. The average molecular weight is 329 g/mol. The molecule has 1 saturated carbocycles. The van der Waals surface area contributed by atoms with Crippen molar-refractivity contribution in [1.82, 2.24) is 9.97 Å². The van der Waals surface area contributed by atoms with Crippen LogP contribution in [-0.4, -0.2) is 40.6 Å². The van der Waals surface area contributed by atoms with Crippen LogP contribution in [0.1, 0.15) is 23.2 Å². The molecule has 1 aliphatic carbocycles. The molecule has 0 radical (unpaired) electrons. The van der Waals surface area contributed by atoms with E-state index in [-0.39, 0.29) is 22.8 Å². The fraction of sp³-hybridized carbons (Fsp3) is 0.353. The Bertz CT molecular complexity index is 784. The molecule has 0 unspecified atom stereocenters. The number of nitrogens with zero attached hydrogens (tertiary/aromatic N) is 3. The lowest BCUT2D eigenvalue weighted by atomic mass is 9.62. The van der Waals surface area contributed by atoms with Gasteiger partial charge in [-0.05, 0) is 31.0 Å². The third-order valence-electron chi connectivity index (χ3n) is 4.67. The van der Waals surface area contributed by atoms with Crippen LogP contribution in [-0.2, 0) is 0 Å². The highest BCUT2D eigenvalue weighted by Gasteiger charge is 2.52. The van der Waals surface area contributed by atoms with Crippen LogP contribution in [0.5, 0.6) is 11.5 Å². The summed E-state index contributed by atoms with van der Waals surface area (Å²) in [7, 11) is 0. The van der Waals surface area contributed by atoms with Crippen LogP contribution >= 0.6 is 0 Å². The van der Waals surface area contributed by atoms with Crippen molar-refractivity contribution >= 4 is 12.1 Å². The highest BCUT2D eigenvalue weighted by Crippen LogP contribution is 2.50. The second-order valence-corrected chi connectivity index (χ2v) is 6.53. The van der Waals surface area contributed by atoms with E-state index in [1.54, 1.807) is 0 Å². The van der Waals surface area contributed by atoms with Crippen molar-refractivity contribution in [3.63, 3.8) is 0 Å². The van der Waals surface area contributed by atoms with Gasteiger partial charge in [-0.25, -0.2) is 14.4 Å². The first-order valence-corrected chi connectivity index (χ1v) is 7.74. The maximum Gasteiger partial charge on any atom is 0.188 e. The third kappa shape index (κ3) is 2.50. The average Bonchev–Trinajstić information content (AvgIpc) is 2.52. The van der Waals surface area contributed by atoms with Crippen LogP contribution in [0.3, 0.4) is 0 Å². The molecule has 124 valence electrons. The standard InChI is InChI=1S/C17H16FN3O3/c18-12-1-2-14(11(3-12)7-22)24-15-6-19-10-20-16(15)21-8-17(9-21)4-13(23)5-17/h1-3,6-7,10,13,23H,4-5,8-9H2. The summed E-state index contributed by atoms with van der Waals surface area (Å²) in [5.74, 6) is 0.819. The molecule has 0 amide bonds. The monoisotopic (exact) mass is 329 g/mol. The molecule has 6 nitrogen and oxygen atoms in total. The molecule has 1 N–H and O–H groups in total. The summed E-state index contributed by atoms with van der Waals surface area (Å²) in [6.07, 6.45) is 4.96. The summed E-state index contributed by atoms with van der Waals surface area (Å²) in [6.45, 7) is 1.61. The lowest BCUT2D eigenvalue weighted by Crippen LogP contribution is -2.64. The normalized spacial score (nSPS) is 18.8. The Labute approximate surface area is 137 Å². The van der Waals surface area contributed by atoms with Gasteiger partial charge in [0, 0.05) is 18.5 Å². The van der Waals surface area contributed by atoms with Gasteiger partial charge in [-0.15, -0.1) is 0 Å². The third-order valence-corrected chi connectivity index (χ3v) is 4.67. The van der Waals surface area contributed by atoms with Crippen LogP contribution in [0.2, 0.25) is 0 Å². The van der Waals surface area contributed by atoms with E-state index in [1.165, 1.54) is 24.7 Å². The lowest BCUT2D eigenvalue weighted by Gasteiger charge is -2.58. The number of hydrogen-bond donors (Lipinski definition) is 1. The molecule has 1 aromatic carbocycles. The van der Waals surface area contributed by atoms with E-state index in [9.17, 15) is 14.3 Å². The predicted octanol–water partition coefficient (Wildman–Crippen LogP) is 2.18. The number of aliphatic hydroxyl groups is 1. The van der Waals surface area contributed by atoms with Gasteiger partial charge < -0.3 is 14.7 Å². The maximum atomic E-state index is 13.2. The number of aliphatic hydroxyl groups excluding tert-OH is 1. The van der Waals surface area contributed by atoms with E-state index in [1.807, 2.05) is 0 Å². The zero-order chi connectivity index (χ0) is 16.7. The Morgan fingerprint density at radius 3 is 2.83 bits per heavy atom. The molecular weight excluding hydrogens is 313 g/mol. The van der Waals surface area contributed by atoms with Gasteiger partial charge in [0.25, 0.3) is 0 Å². The first kappa shape index (κ1) is 15.0. The molecule has 0 bridgehead atoms. The molecule has 2 heterocycles. The Hall–Kier alpha value is -2.54. The van der Waals surface area contributed by atoms with Crippen molar-refractivity contribution in [1.29, 1.82) is 0 Å². The summed E-state index contributed by atoms with van der Waals surface area (Å²) in [5.41, 5.74) is 0.317. The van der Waals surface area contributed by atoms with Gasteiger partial charge in [0.05, 0.1) is 17.9 Å². The minimum Gasteiger partial charge on any atom is -0.451 e. The SMILES string of the molecule is O=Cc1cc(F)ccc1Oc1cncnc1N1CC2(CC(O)C2)C1. The molecule has 0 atom stereocenters. The number of halogens is 1. The Kier molecular flexibility index (Phi) is 3.45. The molecule has 1 aliphatic heterocycles. The van der Waals surface area contributed by atoms with Crippen LogP contribution in [0, 0.1) is 11.2 Å². The minimum absolute atomic E-state index is 0.131. The van der Waals surface area contributed by atoms with Gasteiger partial charge in [-0.2, -0.15) is 0 Å². The van der Waals surface area contributed by atoms with Crippen molar-refractivity contribution in [3.8, 4) is 11.5 Å². The second kappa shape index (κ2) is 5.52. The van der Waals surface area contributed by atoms with Gasteiger partial charge in [-0.1, -0.05) is 0 Å². The number of anilines is 1. The van der Waals surface area contributed by atoms with Gasteiger partial charge >= 0.3 is 0 Å². The van der Waals surface area contributed by atoms with Crippen LogP contribution < -0.4 is 9.64 Å². The van der Waals surface area contributed by atoms with Gasteiger partial charge in [0.2, 0.25) is 0 Å². The van der Waals surface area contributed by atoms with E-state index in [2.05, 4.69) is 14.9 Å². The first-order chi connectivity index (χ1) is 11.6. The van der Waals surface area contributed by atoms with E-state index in [0.29, 0.717) is 17.9 Å². The van der Waals surface area contributed by atoms with Gasteiger partial charge in [0.1, 0.15) is 17.9 Å². The molecule has 1 saturated heterocycles. The zero-order valence-corrected chi connectivity index (χ0v) is 12.9. The number of aromatic nitrogens is 2. The van der Waals surface area contributed by atoms with Gasteiger partial charge in [-0.3, -0.25) is 4.79 Å². The van der Waals surface area contributed by atoms with Crippen LogP contribution in [0.4, 0.5) is 10.2 Å². The summed E-state index contributed by atoms with van der Waals surface area (Å²) in [4.78, 5) is 21.4. The van der Waals surface area contributed by atoms with E-state index in [0.717, 1.165) is 32.0 Å². The Balaban J connectivity index is 1.56. The van der Waals surface area contributed by atoms with E-state index >= 15 is 0 Å². The zero-order valence-electron chi connectivity index (χ0n) is 12.9. The number of hydrogen-bond acceptors (Lipinski definition) is 6. The summed E-state index contributed by atoms with van der Waals surface area (Å²) in [5, 5.41) is 9.50. The van der Waals surface area contributed by atoms with Gasteiger partial charge in [0.15, 0.2) is 17.9 Å². The Morgan fingerprint density at radius 2 is 2.12 bits per heavy atom. The van der Waals surface area contributed by atoms with E-state index in [4.69, 9.17) is 4.74 Å². The number of ether oxygens (including phenoxy) is 1. The fourth-order valence-corrected chi connectivity index (χ4v) is 3.55. The van der Waals surface area contributed by atoms with Crippen molar-refractivity contribution in [2.75, 3.05) is 18.0 Å². The minimum atomic E-state index is -0.498. The Morgan fingerprint density at radius 1 is 1.33 bits per heavy atom. The number of carbonyl (C=O) groups excluding carboxylic acids is 1. The number of carbonyl (C=O) groups is 1. The highest BCUT2D eigenvalue weighted by molar-refractivity contribution is 5.79. The molecule has 2 fully saturated rings. The van der Waals surface area contributed by atoms with Crippen molar-refractivity contribution in [3.05, 3.63) is 42.1 Å². The van der Waals surface area contributed by atoms with Crippen molar-refractivity contribution in [2.45, 2.75) is 18.9 Å². The summed E-state index contributed by atoms with van der Waals surface area (Å²) >= 11 is 0. The highest BCUT2D eigenvalue weighted by atomic mass is 19.1. The smallest absolute Gasteiger partial charge is 0.188 e. The fourth-order valence-electron chi connectivity index (χ4n) is 3.55. The second-order valence-electron chi connectivity index (χ2n) is 6.53. The topological polar surface area (TPSA) is 75.5 Å². The quantitative estimate of drug-likeness (QED) is 0.867. The molecule has 1 spiro atoms. The largest absolute Gasteiger partial charge is 0.451 e. The van der Waals surface area contributed by atoms with Crippen molar-refractivity contribution in [2.24, 2.45) is 5.41 Å². The maximum absolute atomic E-state index is 13.2. The molecular formula is C17H16FN3O3. The molecule has 2 aliphatic rings. The summed E-state index contributed by atoms with van der Waals surface area (Å²) in [6, 6.07) is 3.77. The molecule has 24 heavy (non-hydrogen) atoms. The molecule has 2 aromatic rings. The van der Waals surface area contributed by atoms with E-state index < -0.39 is 5.82 Å². The van der Waals surface area contributed by atoms with Crippen LogP contribution in [0.25, 0.3) is 0 Å².